The van der Waals surface area contributed by atoms with E-state index in [0.29, 0.717) is 18.5 Å². The zero-order valence-corrected chi connectivity index (χ0v) is 11.4. The molecule has 1 unspecified atom stereocenters. The summed E-state index contributed by atoms with van der Waals surface area (Å²) in [5.41, 5.74) is 7.81. The summed E-state index contributed by atoms with van der Waals surface area (Å²) in [6.45, 7) is 2.62. The van der Waals surface area contributed by atoms with Gasteiger partial charge in [0.15, 0.2) is 0 Å². The molecular weight excluding hydrogens is 256 g/mol. The van der Waals surface area contributed by atoms with E-state index in [9.17, 15) is 10.1 Å². The first-order valence-electron chi connectivity index (χ1n) is 6.62. The fourth-order valence-electron chi connectivity index (χ4n) is 2.06. The minimum absolute atomic E-state index is 0.00480. The van der Waals surface area contributed by atoms with Crippen LogP contribution in [-0.2, 0) is 13.0 Å². The molecule has 0 fully saturated rings. The molecule has 1 atom stereocenters. The summed E-state index contributed by atoms with van der Waals surface area (Å²) in [7, 11) is 0. The Bertz CT molecular complexity index is 594. The van der Waals surface area contributed by atoms with Gasteiger partial charge >= 0.3 is 0 Å². The lowest BCUT2D eigenvalue weighted by molar-refractivity contribution is -0.385. The van der Waals surface area contributed by atoms with Crippen molar-refractivity contribution in [1.82, 2.24) is 9.78 Å². The van der Waals surface area contributed by atoms with Gasteiger partial charge in [-0.05, 0) is 12.8 Å². The minimum atomic E-state index is -0.350. The Morgan fingerprint density at radius 1 is 1.45 bits per heavy atom. The zero-order valence-electron chi connectivity index (χ0n) is 11.4. The number of para-hydroxylation sites is 1. The van der Waals surface area contributed by atoms with Crippen molar-refractivity contribution in [2.75, 3.05) is 0 Å². The summed E-state index contributed by atoms with van der Waals surface area (Å²) in [6, 6.07) is 6.78. The van der Waals surface area contributed by atoms with Crippen LogP contribution in [0.2, 0.25) is 0 Å². The van der Waals surface area contributed by atoms with Gasteiger partial charge in [-0.3, -0.25) is 14.8 Å². The highest BCUT2D eigenvalue weighted by Gasteiger charge is 2.12. The smallest absolute Gasteiger partial charge is 0.272 e. The Morgan fingerprint density at radius 2 is 2.20 bits per heavy atom. The number of hydrogen-bond acceptors (Lipinski definition) is 4. The molecular formula is C14H18N4O2. The van der Waals surface area contributed by atoms with Crippen molar-refractivity contribution >= 4 is 5.69 Å². The molecule has 0 saturated carbocycles. The van der Waals surface area contributed by atoms with Crippen molar-refractivity contribution in [1.29, 1.82) is 0 Å². The highest BCUT2D eigenvalue weighted by atomic mass is 16.6. The highest BCUT2D eigenvalue weighted by molar-refractivity contribution is 5.39. The molecule has 20 heavy (non-hydrogen) atoms. The van der Waals surface area contributed by atoms with Crippen LogP contribution in [0, 0.1) is 10.1 Å². The second-order valence-electron chi connectivity index (χ2n) is 4.69. The van der Waals surface area contributed by atoms with Gasteiger partial charge in [0.05, 0.1) is 11.1 Å². The van der Waals surface area contributed by atoms with Crippen LogP contribution < -0.4 is 5.73 Å². The van der Waals surface area contributed by atoms with Crippen LogP contribution in [0.1, 0.15) is 30.5 Å². The van der Waals surface area contributed by atoms with Crippen LogP contribution in [0.5, 0.6) is 0 Å². The highest BCUT2D eigenvalue weighted by Crippen LogP contribution is 2.19. The second-order valence-corrected chi connectivity index (χ2v) is 4.69. The molecule has 0 aliphatic heterocycles. The van der Waals surface area contributed by atoms with E-state index in [4.69, 9.17) is 5.73 Å². The molecule has 0 aliphatic carbocycles. The van der Waals surface area contributed by atoms with Gasteiger partial charge in [-0.2, -0.15) is 5.10 Å². The maximum absolute atomic E-state index is 10.9. The fraction of sp³-hybridized carbons (Fsp3) is 0.357. The van der Waals surface area contributed by atoms with Gasteiger partial charge in [-0.1, -0.05) is 25.1 Å². The van der Waals surface area contributed by atoms with E-state index < -0.39 is 0 Å². The summed E-state index contributed by atoms with van der Waals surface area (Å²) in [4.78, 5) is 10.6. The number of nitrogens with zero attached hydrogens (tertiary/aromatic N) is 3. The maximum atomic E-state index is 10.9. The fourth-order valence-corrected chi connectivity index (χ4v) is 2.06. The molecule has 1 aromatic heterocycles. The average Bonchev–Trinajstić information content (AvgIpc) is 2.93. The summed E-state index contributed by atoms with van der Waals surface area (Å²) in [6.07, 6.45) is 5.09. The van der Waals surface area contributed by atoms with Gasteiger partial charge in [-0.25, -0.2) is 0 Å². The van der Waals surface area contributed by atoms with Gasteiger partial charge in [0, 0.05) is 36.0 Å². The van der Waals surface area contributed by atoms with E-state index in [1.165, 1.54) is 6.07 Å². The lowest BCUT2D eigenvalue weighted by Gasteiger charge is -2.05. The molecule has 1 heterocycles. The monoisotopic (exact) mass is 274 g/mol. The third kappa shape index (κ3) is 3.21. The first kappa shape index (κ1) is 14.2. The molecule has 106 valence electrons. The number of benzene rings is 1. The topological polar surface area (TPSA) is 87.0 Å². The third-order valence-electron chi connectivity index (χ3n) is 3.32. The first-order chi connectivity index (χ1) is 9.61. The largest absolute Gasteiger partial charge is 0.324 e. The average molecular weight is 274 g/mol. The quantitative estimate of drug-likeness (QED) is 0.647. The molecule has 2 aromatic rings. The standard InChI is InChI=1S/C14H18N4O2/c1-2-13(15)12-9-16-17(10-12)8-7-11-5-3-4-6-14(11)18(19)20/h3-6,9-10,13H,2,7-8,15H2,1H3. The van der Waals surface area contributed by atoms with Crippen LogP contribution >= 0.6 is 0 Å². The molecule has 6 nitrogen and oxygen atoms in total. The van der Waals surface area contributed by atoms with Gasteiger partial charge < -0.3 is 5.73 Å². The molecule has 2 rings (SSSR count). The number of hydrogen-bond donors (Lipinski definition) is 1. The summed E-state index contributed by atoms with van der Waals surface area (Å²) in [5.74, 6) is 0. The van der Waals surface area contributed by atoms with Crippen molar-refractivity contribution in [3.63, 3.8) is 0 Å². The van der Waals surface area contributed by atoms with Crippen molar-refractivity contribution < 1.29 is 4.92 Å². The van der Waals surface area contributed by atoms with Gasteiger partial charge in [0.25, 0.3) is 5.69 Å². The molecule has 0 saturated heterocycles. The third-order valence-corrected chi connectivity index (χ3v) is 3.32. The van der Waals surface area contributed by atoms with Crippen LogP contribution in [0.4, 0.5) is 5.69 Å². The van der Waals surface area contributed by atoms with E-state index in [1.54, 1.807) is 23.0 Å². The van der Waals surface area contributed by atoms with E-state index >= 15 is 0 Å². The SMILES string of the molecule is CCC(N)c1cnn(CCc2ccccc2[N+](=O)[O-])c1. The van der Waals surface area contributed by atoms with Crippen molar-refractivity contribution in [2.45, 2.75) is 32.4 Å². The Morgan fingerprint density at radius 3 is 2.90 bits per heavy atom. The van der Waals surface area contributed by atoms with Gasteiger partial charge in [0.1, 0.15) is 0 Å². The van der Waals surface area contributed by atoms with Crippen molar-refractivity contribution in [3.05, 3.63) is 57.9 Å². The van der Waals surface area contributed by atoms with E-state index in [-0.39, 0.29) is 16.7 Å². The lowest BCUT2D eigenvalue weighted by Crippen LogP contribution is -2.08. The minimum Gasteiger partial charge on any atom is -0.324 e. The van der Waals surface area contributed by atoms with E-state index in [0.717, 1.165) is 12.0 Å². The second kappa shape index (κ2) is 6.29. The Labute approximate surface area is 117 Å². The van der Waals surface area contributed by atoms with E-state index in [1.807, 2.05) is 19.2 Å². The van der Waals surface area contributed by atoms with E-state index in [2.05, 4.69) is 5.10 Å². The summed E-state index contributed by atoms with van der Waals surface area (Å²) < 4.78 is 1.78. The Balaban J connectivity index is 2.06. The zero-order chi connectivity index (χ0) is 14.5. The molecule has 6 heteroatoms. The predicted octanol–water partition coefficient (Wildman–Crippen LogP) is 2.44. The molecule has 1 aromatic carbocycles. The normalized spacial score (nSPS) is 12.3. The van der Waals surface area contributed by atoms with Crippen LogP contribution in [0.25, 0.3) is 0 Å². The van der Waals surface area contributed by atoms with Crippen molar-refractivity contribution in [3.8, 4) is 0 Å². The molecule has 0 spiro atoms. The molecule has 0 amide bonds. The Kier molecular flexibility index (Phi) is 4.47. The number of nitro benzene ring substituents is 1. The Hall–Kier alpha value is -2.21. The maximum Gasteiger partial charge on any atom is 0.272 e. The van der Waals surface area contributed by atoms with Crippen molar-refractivity contribution in [2.24, 2.45) is 5.73 Å². The number of aromatic nitrogens is 2. The summed E-state index contributed by atoms with van der Waals surface area (Å²) >= 11 is 0. The van der Waals surface area contributed by atoms with Gasteiger partial charge in [0.2, 0.25) is 0 Å². The molecule has 0 aliphatic rings. The molecule has 0 radical (unpaired) electrons. The number of nitrogens with two attached hydrogens (primary N) is 1. The molecule has 2 N–H and O–H groups in total. The van der Waals surface area contributed by atoms with Crippen LogP contribution in [0.3, 0.4) is 0 Å². The first-order valence-corrected chi connectivity index (χ1v) is 6.62. The molecule has 0 bridgehead atoms. The van der Waals surface area contributed by atoms with Crippen LogP contribution in [0.15, 0.2) is 36.7 Å². The number of aryl methyl sites for hydroxylation is 2. The van der Waals surface area contributed by atoms with Crippen LogP contribution in [-0.4, -0.2) is 14.7 Å². The predicted molar refractivity (Wildman–Crippen MR) is 76.2 cm³/mol. The lowest BCUT2D eigenvalue weighted by atomic mass is 10.1. The number of nitro groups is 1. The summed E-state index contributed by atoms with van der Waals surface area (Å²) in [5, 5.41) is 15.2. The van der Waals surface area contributed by atoms with Gasteiger partial charge in [-0.15, -0.1) is 0 Å². The number of rotatable bonds is 6.